The molecular formula is C9H10F3N. The maximum Gasteiger partial charge on any atom is 0.416 e. The highest BCUT2D eigenvalue weighted by Crippen LogP contribution is 2.30. The van der Waals surface area contributed by atoms with Crippen LogP contribution in [0.5, 0.6) is 0 Å². The molecule has 0 heterocycles. The Labute approximate surface area is 74.4 Å². The lowest BCUT2D eigenvalue weighted by molar-refractivity contribution is -0.137. The molecule has 0 amide bonds. The van der Waals surface area contributed by atoms with Crippen molar-refractivity contribution in [2.24, 2.45) is 5.73 Å². The van der Waals surface area contributed by atoms with Crippen LogP contribution >= 0.6 is 0 Å². The minimum atomic E-state index is -4.29. The molecule has 0 spiro atoms. The van der Waals surface area contributed by atoms with Gasteiger partial charge in [0.25, 0.3) is 0 Å². The first kappa shape index (κ1) is 10.1. The maximum atomic E-state index is 12.2. The molecule has 0 aliphatic heterocycles. The highest BCUT2D eigenvalue weighted by atomic mass is 19.4. The third-order valence-electron chi connectivity index (χ3n) is 1.74. The molecule has 0 aliphatic carbocycles. The van der Waals surface area contributed by atoms with Gasteiger partial charge in [0.2, 0.25) is 0 Å². The lowest BCUT2D eigenvalue weighted by Gasteiger charge is -2.10. The Morgan fingerprint density at radius 1 is 1.31 bits per heavy atom. The summed E-state index contributed by atoms with van der Waals surface area (Å²) in [7, 11) is 0. The number of benzene rings is 1. The zero-order valence-electron chi connectivity index (χ0n) is 7.10. The number of nitrogens with two attached hydrogens (primary N) is 1. The van der Waals surface area contributed by atoms with Crippen molar-refractivity contribution < 1.29 is 13.2 Å². The topological polar surface area (TPSA) is 26.0 Å². The lowest BCUT2D eigenvalue weighted by Crippen LogP contribution is -2.09. The van der Waals surface area contributed by atoms with Gasteiger partial charge in [-0.25, -0.2) is 0 Å². The number of hydrogen-bond acceptors (Lipinski definition) is 1. The van der Waals surface area contributed by atoms with Crippen LogP contribution in [0.2, 0.25) is 0 Å². The second kappa shape index (κ2) is 3.38. The second-order valence-electron chi connectivity index (χ2n) is 2.91. The Kier molecular flexibility index (Phi) is 2.61. The van der Waals surface area contributed by atoms with Crippen LogP contribution in [-0.2, 0) is 6.18 Å². The van der Waals surface area contributed by atoms with E-state index in [2.05, 4.69) is 0 Å². The number of halogens is 3. The monoisotopic (exact) mass is 189 g/mol. The fourth-order valence-corrected chi connectivity index (χ4v) is 0.998. The lowest BCUT2D eigenvalue weighted by atomic mass is 10.1. The summed E-state index contributed by atoms with van der Waals surface area (Å²) in [4.78, 5) is 0. The quantitative estimate of drug-likeness (QED) is 0.722. The molecule has 0 unspecified atom stereocenters. The molecule has 13 heavy (non-hydrogen) atoms. The van der Waals surface area contributed by atoms with Gasteiger partial charge in [-0.3, -0.25) is 0 Å². The molecule has 0 aliphatic rings. The van der Waals surface area contributed by atoms with Crippen molar-refractivity contribution in [3.8, 4) is 0 Å². The molecule has 1 rings (SSSR count). The number of alkyl halides is 3. The van der Waals surface area contributed by atoms with E-state index in [-0.39, 0.29) is 6.04 Å². The van der Waals surface area contributed by atoms with Crippen LogP contribution in [0.3, 0.4) is 0 Å². The standard InChI is InChI=1S/C9H10F3N/c1-6(13)7-3-2-4-8(5-7)9(10,11)12/h2-6H,13H2,1H3/t6-/m0/s1. The second-order valence-corrected chi connectivity index (χ2v) is 2.91. The molecule has 1 nitrogen and oxygen atoms in total. The van der Waals surface area contributed by atoms with Gasteiger partial charge in [-0.1, -0.05) is 12.1 Å². The summed E-state index contributed by atoms with van der Waals surface area (Å²) >= 11 is 0. The summed E-state index contributed by atoms with van der Waals surface area (Å²) in [6.45, 7) is 1.65. The summed E-state index contributed by atoms with van der Waals surface area (Å²) in [6.07, 6.45) is -4.29. The highest BCUT2D eigenvalue weighted by Gasteiger charge is 2.30. The van der Waals surface area contributed by atoms with Crippen molar-refractivity contribution in [2.75, 3.05) is 0 Å². The van der Waals surface area contributed by atoms with Crippen molar-refractivity contribution in [1.82, 2.24) is 0 Å². The molecule has 1 aromatic rings. The van der Waals surface area contributed by atoms with Crippen LogP contribution < -0.4 is 5.73 Å². The van der Waals surface area contributed by atoms with Gasteiger partial charge in [-0.05, 0) is 24.6 Å². The Morgan fingerprint density at radius 3 is 2.38 bits per heavy atom. The van der Waals surface area contributed by atoms with Gasteiger partial charge in [-0.15, -0.1) is 0 Å². The largest absolute Gasteiger partial charge is 0.416 e. The number of hydrogen-bond donors (Lipinski definition) is 1. The average molecular weight is 189 g/mol. The van der Waals surface area contributed by atoms with Crippen molar-refractivity contribution in [3.63, 3.8) is 0 Å². The fourth-order valence-electron chi connectivity index (χ4n) is 0.998. The minimum Gasteiger partial charge on any atom is -0.324 e. The zero-order chi connectivity index (χ0) is 10.1. The van der Waals surface area contributed by atoms with E-state index in [1.807, 2.05) is 0 Å². The van der Waals surface area contributed by atoms with Crippen molar-refractivity contribution in [1.29, 1.82) is 0 Å². The van der Waals surface area contributed by atoms with Crippen LogP contribution in [0.15, 0.2) is 24.3 Å². The summed E-state index contributed by atoms with van der Waals surface area (Å²) in [5.41, 5.74) is 5.30. The van der Waals surface area contributed by atoms with Crippen LogP contribution in [-0.4, -0.2) is 0 Å². The third-order valence-corrected chi connectivity index (χ3v) is 1.74. The summed E-state index contributed by atoms with van der Waals surface area (Å²) in [6, 6.07) is 4.68. The van der Waals surface area contributed by atoms with Crippen LogP contribution in [0.25, 0.3) is 0 Å². The van der Waals surface area contributed by atoms with E-state index in [1.165, 1.54) is 6.07 Å². The highest BCUT2D eigenvalue weighted by molar-refractivity contribution is 5.27. The first-order chi connectivity index (χ1) is 5.91. The first-order valence-electron chi connectivity index (χ1n) is 3.84. The van der Waals surface area contributed by atoms with Crippen molar-refractivity contribution >= 4 is 0 Å². The van der Waals surface area contributed by atoms with Gasteiger partial charge >= 0.3 is 6.18 Å². The van der Waals surface area contributed by atoms with Gasteiger partial charge in [0.15, 0.2) is 0 Å². The predicted molar refractivity (Wildman–Crippen MR) is 44.0 cm³/mol. The van der Waals surface area contributed by atoms with E-state index < -0.39 is 11.7 Å². The maximum absolute atomic E-state index is 12.2. The summed E-state index contributed by atoms with van der Waals surface area (Å²) < 4.78 is 36.6. The summed E-state index contributed by atoms with van der Waals surface area (Å²) in [5, 5.41) is 0. The molecule has 0 fully saturated rings. The third kappa shape index (κ3) is 2.45. The fraction of sp³-hybridized carbons (Fsp3) is 0.333. The molecule has 1 aromatic carbocycles. The van der Waals surface area contributed by atoms with E-state index in [1.54, 1.807) is 13.0 Å². The van der Waals surface area contributed by atoms with E-state index in [0.29, 0.717) is 5.56 Å². The predicted octanol–water partition coefficient (Wildman–Crippen LogP) is 2.73. The molecule has 0 saturated carbocycles. The molecule has 2 N–H and O–H groups in total. The zero-order valence-corrected chi connectivity index (χ0v) is 7.10. The van der Waals surface area contributed by atoms with Gasteiger partial charge in [0.1, 0.15) is 0 Å². The number of rotatable bonds is 1. The van der Waals surface area contributed by atoms with E-state index in [4.69, 9.17) is 5.73 Å². The molecule has 72 valence electrons. The van der Waals surface area contributed by atoms with Gasteiger partial charge < -0.3 is 5.73 Å². The van der Waals surface area contributed by atoms with Gasteiger partial charge in [0, 0.05) is 6.04 Å². The molecular weight excluding hydrogens is 179 g/mol. The van der Waals surface area contributed by atoms with Crippen molar-refractivity contribution in [2.45, 2.75) is 19.1 Å². The van der Waals surface area contributed by atoms with Crippen LogP contribution in [0.1, 0.15) is 24.1 Å². The molecule has 0 bridgehead atoms. The Bertz CT molecular complexity index is 291. The molecule has 1 atom stereocenters. The van der Waals surface area contributed by atoms with Crippen molar-refractivity contribution in [3.05, 3.63) is 35.4 Å². The Morgan fingerprint density at radius 2 is 1.92 bits per heavy atom. The van der Waals surface area contributed by atoms with E-state index in [0.717, 1.165) is 12.1 Å². The van der Waals surface area contributed by atoms with E-state index in [9.17, 15) is 13.2 Å². The minimum absolute atomic E-state index is 0.373. The smallest absolute Gasteiger partial charge is 0.324 e. The van der Waals surface area contributed by atoms with Crippen LogP contribution in [0.4, 0.5) is 13.2 Å². The van der Waals surface area contributed by atoms with Gasteiger partial charge in [0.05, 0.1) is 5.56 Å². The molecule has 0 aromatic heterocycles. The Balaban J connectivity index is 3.06. The first-order valence-corrected chi connectivity index (χ1v) is 3.84. The normalized spacial score (nSPS) is 14.2. The van der Waals surface area contributed by atoms with Crippen LogP contribution in [0, 0.1) is 0 Å². The average Bonchev–Trinajstić information content (AvgIpc) is 2.03. The van der Waals surface area contributed by atoms with E-state index >= 15 is 0 Å². The van der Waals surface area contributed by atoms with Gasteiger partial charge in [-0.2, -0.15) is 13.2 Å². The molecule has 4 heteroatoms. The Hall–Kier alpha value is -1.03. The molecule has 0 saturated heterocycles. The molecule has 0 radical (unpaired) electrons. The summed E-state index contributed by atoms with van der Waals surface area (Å²) in [5.74, 6) is 0. The SMILES string of the molecule is C[C@H](N)c1cccc(C(F)(F)F)c1.